The Hall–Kier alpha value is -1.44. The fraction of sp³-hybridized carbons (Fsp3) is 0.789. The number of nitrogens with one attached hydrogen (secondary N) is 1. The van der Waals surface area contributed by atoms with Crippen molar-refractivity contribution in [1.82, 2.24) is 24.7 Å². The van der Waals surface area contributed by atoms with Gasteiger partial charge in [-0.1, -0.05) is 0 Å². The van der Waals surface area contributed by atoms with E-state index < -0.39 is 0 Å². The third-order valence-electron chi connectivity index (χ3n) is 6.15. The van der Waals surface area contributed by atoms with E-state index in [1.165, 1.54) is 18.5 Å². The highest BCUT2D eigenvalue weighted by Crippen LogP contribution is 2.25. The van der Waals surface area contributed by atoms with Crippen molar-refractivity contribution >= 4 is 5.91 Å². The van der Waals surface area contributed by atoms with Gasteiger partial charge in [0.15, 0.2) is 0 Å². The third kappa shape index (κ3) is 4.27. The summed E-state index contributed by atoms with van der Waals surface area (Å²) in [5.41, 5.74) is 1.19. The van der Waals surface area contributed by atoms with Crippen LogP contribution < -0.4 is 0 Å². The molecule has 3 saturated heterocycles. The number of nitrogens with zero attached hydrogens (tertiary/aromatic N) is 4. The molecular formula is C19H31N5O2. The quantitative estimate of drug-likeness (QED) is 0.865. The Bertz CT molecular complexity index is 564. The molecule has 1 aromatic rings. The van der Waals surface area contributed by atoms with Gasteiger partial charge in [-0.05, 0) is 32.2 Å². The van der Waals surface area contributed by atoms with Gasteiger partial charge in [-0.25, -0.2) is 4.98 Å². The number of hydrogen-bond donors (Lipinski definition) is 1. The second-order valence-electron chi connectivity index (χ2n) is 7.86. The molecule has 1 N–H and O–H groups in total. The number of piperidine rings is 2. The molecule has 3 aliphatic heterocycles. The molecule has 1 atom stereocenters. The molecule has 7 nitrogen and oxygen atoms in total. The highest BCUT2D eigenvalue weighted by molar-refractivity contribution is 5.79. The van der Waals surface area contributed by atoms with Crippen molar-refractivity contribution in [1.29, 1.82) is 0 Å². The molecule has 144 valence electrons. The number of morpholine rings is 1. The van der Waals surface area contributed by atoms with Crippen LogP contribution in [0.2, 0.25) is 0 Å². The first-order valence-corrected chi connectivity index (χ1v) is 10.1. The summed E-state index contributed by atoms with van der Waals surface area (Å²) < 4.78 is 5.39. The summed E-state index contributed by atoms with van der Waals surface area (Å²) in [5.74, 6) is 0.541. The molecule has 0 spiro atoms. The molecule has 0 saturated carbocycles. The van der Waals surface area contributed by atoms with Crippen molar-refractivity contribution in [3.8, 4) is 0 Å². The molecule has 1 aromatic heterocycles. The first-order valence-electron chi connectivity index (χ1n) is 10.1. The Morgan fingerprint density at radius 1 is 1.15 bits per heavy atom. The van der Waals surface area contributed by atoms with E-state index in [2.05, 4.69) is 19.8 Å². The number of ether oxygens (including phenoxy) is 1. The maximum absolute atomic E-state index is 12.8. The van der Waals surface area contributed by atoms with Crippen molar-refractivity contribution in [3.63, 3.8) is 0 Å². The van der Waals surface area contributed by atoms with E-state index in [0.29, 0.717) is 25.2 Å². The Balaban J connectivity index is 1.26. The van der Waals surface area contributed by atoms with E-state index >= 15 is 0 Å². The van der Waals surface area contributed by atoms with Gasteiger partial charge in [0, 0.05) is 57.2 Å². The van der Waals surface area contributed by atoms with Crippen LogP contribution in [0, 0.1) is 5.92 Å². The highest BCUT2D eigenvalue weighted by Gasteiger charge is 2.33. The Morgan fingerprint density at radius 2 is 1.96 bits per heavy atom. The first kappa shape index (κ1) is 17.9. The monoisotopic (exact) mass is 361 g/mol. The van der Waals surface area contributed by atoms with E-state index in [-0.39, 0.29) is 5.92 Å². The molecule has 0 radical (unpaired) electrons. The van der Waals surface area contributed by atoms with Crippen LogP contribution in [0.4, 0.5) is 0 Å². The van der Waals surface area contributed by atoms with Gasteiger partial charge in [-0.3, -0.25) is 14.6 Å². The summed E-state index contributed by atoms with van der Waals surface area (Å²) in [4.78, 5) is 27.3. The van der Waals surface area contributed by atoms with Crippen molar-refractivity contribution < 1.29 is 9.53 Å². The van der Waals surface area contributed by atoms with Crippen molar-refractivity contribution in [2.75, 3.05) is 52.5 Å². The fourth-order valence-electron chi connectivity index (χ4n) is 4.64. The molecule has 3 aliphatic rings. The SMILES string of the molecule is O=C([C@H]1CCCN(C2CCN(Cc3cnc[nH]3)CC2)C1)N1CCOCC1. The summed E-state index contributed by atoms with van der Waals surface area (Å²) in [6, 6.07) is 0.633. The minimum Gasteiger partial charge on any atom is -0.378 e. The number of aromatic amines is 1. The second kappa shape index (κ2) is 8.50. The van der Waals surface area contributed by atoms with E-state index in [9.17, 15) is 4.79 Å². The average Bonchev–Trinajstić information content (AvgIpc) is 3.22. The first-order chi connectivity index (χ1) is 12.8. The number of H-pyrrole nitrogens is 1. The van der Waals surface area contributed by atoms with Gasteiger partial charge in [0.1, 0.15) is 0 Å². The molecule has 0 unspecified atom stereocenters. The molecule has 0 aromatic carbocycles. The number of imidazole rings is 1. The van der Waals surface area contributed by atoms with Crippen LogP contribution in [0.1, 0.15) is 31.4 Å². The minimum atomic E-state index is 0.185. The van der Waals surface area contributed by atoms with Crippen LogP contribution in [0.15, 0.2) is 12.5 Å². The zero-order chi connectivity index (χ0) is 17.8. The normalized spacial score (nSPS) is 26.9. The number of carbonyl (C=O) groups is 1. The van der Waals surface area contributed by atoms with Crippen molar-refractivity contribution in [3.05, 3.63) is 18.2 Å². The van der Waals surface area contributed by atoms with Crippen LogP contribution in [-0.4, -0.2) is 89.1 Å². The van der Waals surface area contributed by atoms with E-state index in [4.69, 9.17) is 4.74 Å². The van der Waals surface area contributed by atoms with Gasteiger partial charge in [0.05, 0.1) is 25.5 Å². The predicted octanol–water partition coefficient (Wildman–Crippen LogP) is 0.945. The highest BCUT2D eigenvalue weighted by atomic mass is 16.5. The van der Waals surface area contributed by atoms with Gasteiger partial charge in [0.2, 0.25) is 5.91 Å². The summed E-state index contributed by atoms with van der Waals surface area (Å²) in [6.45, 7) is 8.23. The number of rotatable bonds is 4. The summed E-state index contributed by atoms with van der Waals surface area (Å²) in [6.07, 6.45) is 8.26. The van der Waals surface area contributed by atoms with Gasteiger partial charge >= 0.3 is 0 Å². The van der Waals surface area contributed by atoms with Gasteiger partial charge in [-0.15, -0.1) is 0 Å². The molecule has 0 aliphatic carbocycles. The maximum atomic E-state index is 12.8. The lowest BCUT2D eigenvalue weighted by atomic mass is 9.92. The van der Waals surface area contributed by atoms with E-state index in [1.54, 1.807) is 6.33 Å². The van der Waals surface area contributed by atoms with E-state index in [0.717, 1.165) is 58.7 Å². The smallest absolute Gasteiger partial charge is 0.227 e. The second-order valence-corrected chi connectivity index (χ2v) is 7.86. The number of amides is 1. The zero-order valence-electron chi connectivity index (χ0n) is 15.6. The lowest BCUT2D eigenvalue weighted by Gasteiger charge is -2.43. The zero-order valence-corrected chi connectivity index (χ0v) is 15.6. The number of carbonyl (C=O) groups excluding carboxylic acids is 1. The molecular weight excluding hydrogens is 330 g/mol. The number of aromatic nitrogens is 2. The van der Waals surface area contributed by atoms with Crippen LogP contribution >= 0.6 is 0 Å². The van der Waals surface area contributed by atoms with Gasteiger partial charge in [0.25, 0.3) is 0 Å². The lowest BCUT2D eigenvalue weighted by molar-refractivity contribution is -0.142. The van der Waals surface area contributed by atoms with Crippen LogP contribution in [0.5, 0.6) is 0 Å². The van der Waals surface area contributed by atoms with Crippen LogP contribution in [-0.2, 0) is 16.1 Å². The molecule has 26 heavy (non-hydrogen) atoms. The van der Waals surface area contributed by atoms with Crippen LogP contribution in [0.25, 0.3) is 0 Å². The summed E-state index contributed by atoms with van der Waals surface area (Å²) >= 11 is 0. The van der Waals surface area contributed by atoms with Gasteiger partial charge in [-0.2, -0.15) is 0 Å². The average molecular weight is 361 g/mol. The molecule has 3 fully saturated rings. The molecule has 4 heterocycles. The van der Waals surface area contributed by atoms with Crippen LogP contribution in [0.3, 0.4) is 0 Å². The Morgan fingerprint density at radius 3 is 2.69 bits per heavy atom. The largest absolute Gasteiger partial charge is 0.378 e. The summed E-state index contributed by atoms with van der Waals surface area (Å²) in [5, 5.41) is 0. The molecule has 1 amide bonds. The van der Waals surface area contributed by atoms with Crippen molar-refractivity contribution in [2.24, 2.45) is 5.92 Å². The van der Waals surface area contributed by atoms with Gasteiger partial charge < -0.3 is 14.6 Å². The standard InChI is InChI=1S/C19H31N5O2/c25-19(23-8-10-26-11-9-23)16-2-1-5-24(13-16)18-3-6-22(7-4-18)14-17-12-20-15-21-17/h12,15-16,18H,1-11,13-14H2,(H,20,21)/t16-/m0/s1. The third-order valence-corrected chi connectivity index (χ3v) is 6.15. The maximum Gasteiger partial charge on any atom is 0.227 e. The topological polar surface area (TPSA) is 64.7 Å². The fourth-order valence-corrected chi connectivity index (χ4v) is 4.64. The Kier molecular flexibility index (Phi) is 5.87. The van der Waals surface area contributed by atoms with Crippen molar-refractivity contribution in [2.45, 2.75) is 38.3 Å². The lowest BCUT2D eigenvalue weighted by Crippen LogP contribution is -2.52. The minimum absolute atomic E-state index is 0.185. The molecule has 0 bridgehead atoms. The molecule has 4 rings (SSSR count). The number of likely N-dealkylation sites (tertiary alicyclic amines) is 2. The van der Waals surface area contributed by atoms with E-state index in [1.807, 2.05) is 11.1 Å². The number of hydrogen-bond acceptors (Lipinski definition) is 5. The predicted molar refractivity (Wildman–Crippen MR) is 98.6 cm³/mol. The Labute approximate surface area is 155 Å². The summed E-state index contributed by atoms with van der Waals surface area (Å²) in [7, 11) is 0. The molecule has 7 heteroatoms.